The molecule has 4 heterocycles. The highest BCUT2D eigenvalue weighted by molar-refractivity contribution is 7.86. The molecule has 22 nitrogen and oxygen atoms in total. The highest BCUT2D eigenvalue weighted by Gasteiger charge is 2.48. The molecule has 0 saturated carbocycles. The lowest BCUT2D eigenvalue weighted by molar-refractivity contribution is -0.438. The minimum Gasteiger partial charge on any atom is -0.471 e. The van der Waals surface area contributed by atoms with Gasteiger partial charge in [0, 0.05) is 60.4 Å². The van der Waals surface area contributed by atoms with E-state index in [1.807, 2.05) is 104 Å². The molecular formula is C59H71N8O14S4+. The summed E-state index contributed by atoms with van der Waals surface area (Å²) in [4.78, 5) is 29.8. The van der Waals surface area contributed by atoms with E-state index in [0.29, 0.717) is 104 Å². The number of benzene rings is 3. The SMILES string of the molecule is CC1(CCCCS(=O)(=O)O)C(/C=C/C=C2/N(CCCCCC(=O)NCc3ccc(COc4nc(N)nc5nc[nH]c45)cc3)c3ccc(S(=O)(=O)O)cc3C2(C)CCCCS(=O)(=O)O)=[N+](CCCC2=C/C=C\C=C/C=C2)c2ccc(S(=O)(=O)O)cc21. The van der Waals surface area contributed by atoms with Gasteiger partial charge in [-0.25, -0.2) is 4.98 Å². The van der Waals surface area contributed by atoms with Crippen molar-refractivity contribution in [3.8, 4) is 5.88 Å². The average molecular weight is 1240 g/mol. The fourth-order valence-electron chi connectivity index (χ4n) is 11.2. The number of fused-ring (bicyclic) bond motifs is 3. The molecular weight excluding hydrogens is 1170 g/mol. The molecule has 3 aliphatic rings. The smallest absolute Gasteiger partial charge is 0.294 e. The van der Waals surface area contributed by atoms with Crippen LogP contribution in [0.25, 0.3) is 11.2 Å². The lowest BCUT2D eigenvalue weighted by atomic mass is 9.75. The van der Waals surface area contributed by atoms with Crippen LogP contribution in [0.5, 0.6) is 5.88 Å². The van der Waals surface area contributed by atoms with Crippen LogP contribution >= 0.6 is 0 Å². The number of carbonyl (C=O) groups is 1. The second kappa shape index (κ2) is 27.0. The van der Waals surface area contributed by atoms with E-state index in [4.69, 9.17) is 10.5 Å². The Morgan fingerprint density at radius 2 is 1.39 bits per heavy atom. The first-order valence-corrected chi connectivity index (χ1v) is 33.9. The predicted octanol–water partition coefficient (Wildman–Crippen LogP) is 8.96. The number of hydrogen-bond acceptors (Lipinski definition) is 15. The highest BCUT2D eigenvalue weighted by atomic mass is 32.2. The molecule has 2 unspecified atom stereocenters. The van der Waals surface area contributed by atoms with Crippen LogP contribution in [0.2, 0.25) is 0 Å². The van der Waals surface area contributed by atoms with Crippen LogP contribution in [0.1, 0.15) is 113 Å². The van der Waals surface area contributed by atoms with E-state index < -0.39 is 62.8 Å². The first kappa shape index (κ1) is 63.8. The molecule has 2 aromatic heterocycles. The number of nitrogen functional groups attached to an aromatic ring is 1. The van der Waals surface area contributed by atoms with E-state index in [-0.39, 0.29) is 66.2 Å². The zero-order chi connectivity index (χ0) is 61.2. The van der Waals surface area contributed by atoms with Crippen LogP contribution < -0.4 is 20.7 Å². The topological polar surface area (TPSA) is 343 Å². The number of rotatable bonds is 29. The molecule has 0 saturated heterocycles. The standard InChI is InChI=1S/C59H70N8O14S4/c1-58(31-10-13-35-82(69,70)71)47-37-45(84(75,76)77)27-29-49(47)66(33-12-6-9-22-53(68)61-39-43-23-25-44(26-24-43)40-81-56-54-55(63-41-62-54)64-57(60)65-56)51(58)20-15-21-52-59(2,32-11-14-36-83(72,73)74)48-38-46(85(78,79)80)28-30-50(48)67(52)34-16-19-42-17-7-4-3-5-8-18-42/h3-5,7-8,15,17-18,20-21,23-30,37-38,41H,6,9-14,16,19,22,31-36,39-40H2,1-2H3,(H7-,60,61,62,63,64,65,68,69,70,71,72,73,74,75,76,77,78,79,80)/p+1/b4-3-,5-3?,7-4?,8-5-,17-7?,18-8?,42-17?,42-18?. The van der Waals surface area contributed by atoms with Gasteiger partial charge in [-0.1, -0.05) is 92.1 Å². The van der Waals surface area contributed by atoms with Gasteiger partial charge in [0.1, 0.15) is 18.7 Å². The predicted molar refractivity (Wildman–Crippen MR) is 324 cm³/mol. The Kier molecular flexibility index (Phi) is 20.3. The minimum atomic E-state index is -4.69. The number of nitrogens with zero attached hydrogens (tertiary/aromatic N) is 5. The van der Waals surface area contributed by atoms with Gasteiger partial charge in [-0.2, -0.15) is 48.2 Å². The van der Waals surface area contributed by atoms with E-state index in [9.17, 15) is 56.7 Å². The number of ether oxygens (including phenoxy) is 1. The largest absolute Gasteiger partial charge is 0.471 e. The summed E-state index contributed by atoms with van der Waals surface area (Å²) in [7, 11) is -18.0. The average Bonchev–Trinajstić information content (AvgIpc) is 1.69. The Morgan fingerprint density at radius 1 is 0.741 bits per heavy atom. The Hall–Kier alpha value is -7.17. The van der Waals surface area contributed by atoms with E-state index >= 15 is 0 Å². The normalized spacial score (nSPS) is 19.3. The molecule has 0 spiro atoms. The minimum absolute atomic E-state index is 0.0368. The number of H-pyrrole nitrogens is 1. The highest BCUT2D eigenvalue weighted by Crippen LogP contribution is 2.52. The summed E-state index contributed by atoms with van der Waals surface area (Å²) in [5.41, 5.74) is 11.4. The monoisotopic (exact) mass is 1240 g/mol. The van der Waals surface area contributed by atoms with Gasteiger partial charge >= 0.3 is 0 Å². The number of aromatic amines is 1. The number of allylic oxidation sites excluding steroid dienone is 12. The molecule has 2 aliphatic heterocycles. The van der Waals surface area contributed by atoms with Gasteiger partial charge < -0.3 is 25.7 Å². The molecule has 0 fully saturated rings. The molecule has 3 aromatic carbocycles. The maximum atomic E-state index is 13.2. The maximum absolute atomic E-state index is 13.2. The van der Waals surface area contributed by atoms with Crippen LogP contribution in [-0.4, -0.2) is 113 Å². The fraction of sp³-hybridized carbons (Fsp3) is 0.373. The molecule has 8 rings (SSSR count). The molecule has 1 aliphatic carbocycles. The number of unbranched alkanes of at least 4 members (excludes halogenated alkanes) is 4. The Bertz CT molecular complexity index is 4010. The van der Waals surface area contributed by atoms with Crippen molar-refractivity contribution in [1.29, 1.82) is 0 Å². The number of imidazole rings is 1. The van der Waals surface area contributed by atoms with Crippen LogP contribution in [0.3, 0.4) is 0 Å². The number of carbonyl (C=O) groups excluding carboxylic acids is 1. The number of nitrogens with one attached hydrogen (secondary N) is 2. The van der Waals surface area contributed by atoms with Gasteiger partial charge in [0.15, 0.2) is 11.4 Å². The summed E-state index contributed by atoms with van der Waals surface area (Å²) >= 11 is 0. The van der Waals surface area contributed by atoms with E-state index in [0.717, 1.165) is 22.4 Å². The first-order valence-electron chi connectivity index (χ1n) is 27.8. The summed E-state index contributed by atoms with van der Waals surface area (Å²) in [5, 5.41) is 2.98. The third-order valence-electron chi connectivity index (χ3n) is 15.5. The van der Waals surface area contributed by atoms with Crippen LogP contribution in [0.4, 0.5) is 17.3 Å². The Morgan fingerprint density at radius 3 is 2.08 bits per heavy atom. The molecule has 26 heteroatoms. The maximum Gasteiger partial charge on any atom is 0.294 e. The summed E-state index contributed by atoms with van der Waals surface area (Å²) in [6.45, 7) is 5.15. The molecule has 454 valence electrons. The molecule has 0 bridgehead atoms. The number of amides is 1. The van der Waals surface area contributed by atoms with Crippen molar-refractivity contribution in [2.75, 3.05) is 35.2 Å². The molecule has 2 atom stereocenters. The van der Waals surface area contributed by atoms with Gasteiger partial charge in [0.25, 0.3) is 40.5 Å². The van der Waals surface area contributed by atoms with Crippen LogP contribution in [0.15, 0.2) is 149 Å². The van der Waals surface area contributed by atoms with Crippen LogP contribution in [0, 0.1) is 0 Å². The van der Waals surface area contributed by atoms with Crippen molar-refractivity contribution in [3.63, 3.8) is 0 Å². The molecule has 1 amide bonds. The zero-order valence-electron chi connectivity index (χ0n) is 47.2. The second-order valence-corrected chi connectivity index (χ2v) is 27.7. The van der Waals surface area contributed by atoms with E-state index in [1.165, 1.54) is 30.6 Å². The summed E-state index contributed by atoms with van der Waals surface area (Å²) in [6.07, 6.45) is 25.4. The summed E-state index contributed by atoms with van der Waals surface area (Å²) in [5.74, 6) is -0.828. The Labute approximate surface area is 496 Å². The molecule has 85 heavy (non-hydrogen) atoms. The molecule has 8 N–H and O–H groups in total. The third kappa shape index (κ3) is 16.6. The lowest BCUT2D eigenvalue weighted by Crippen LogP contribution is -2.32. The lowest BCUT2D eigenvalue weighted by Gasteiger charge is -2.30. The fourth-order valence-corrected chi connectivity index (χ4v) is 13.4. The first-order chi connectivity index (χ1) is 40.2. The number of hydrogen-bond donors (Lipinski definition) is 7. The van der Waals surface area contributed by atoms with Crippen LogP contribution in [-0.2, 0) is 69.2 Å². The van der Waals surface area contributed by atoms with Crippen molar-refractivity contribution >= 4 is 80.6 Å². The van der Waals surface area contributed by atoms with Crippen molar-refractivity contribution in [2.45, 2.75) is 125 Å². The molecule has 5 aromatic rings. The quantitative estimate of drug-likeness (QED) is 0.0133. The summed E-state index contributed by atoms with van der Waals surface area (Å²) < 4.78 is 146. The van der Waals surface area contributed by atoms with Crippen molar-refractivity contribution < 1.29 is 66.0 Å². The van der Waals surface area contributed by atoms with Gasteiger partial charge in [0.2, 0.25) is 23.4 Å². The second-order valence-electron chi connectivity index (χ2n) is 21.7. The van der Waals surface area contributed by atoms with Gasteiger partial charge in [-0.05, 0) is 117 Å². The number of anilines is 2. The van der Waals surface area contributed by atoms with Crippen molar-refractivity contribution in [1.82, 2.24) is 25.3 Å². The van der Waals surface area contributed by atoms with Crippen molar-refractivity contribution in [3.05, 3.63) is 161 Å². The van der Waals surface area contributed by atoms with Crippen molar-refractivity contribution in [2.24, 2.45) is 0 Å². The Balaban J connectivity index is 1.05. The number of nitrogens with two attached hydrogens (primary N) is 1. The van der Waals surface area contributed by atoms with E-state index in [1.54, 1.807) is 12.1 Å². The zero-order valence-corrected chi connectivity index (χ0v) is 50.4. The summed E-state index contributed by atoms with van der Waals surface area (Å²) in [6, 6.07) is 16.3. The molecule has 0 radical (unpaired) electrons. The van der Waals surface area contributed by atoms with Gasteiger partial charge in [-0.15, -0.1) is 0 Å². The third-order valence-corrected chi connectivity index (χ3v) is 18.8. The van der Waals surface area contributed by atoms with Gasteiger partial charge in [0.05, 0.1) is 33.0 Å². The number of aromatic nitrogens is 4. The van der Waals surface area contributed by atoms with Gasteiger partial charge in [-0.3, -0.25) is 23.0 Å². The van der Waals surface area contributed by atoms with E-state index in [2.05, 4.69) is 29.8 Å².